The summed E-state index contributed by atoms with van der Waals surface area (Å²) in [5.41, 5.74) is 11.7. The minimum absolute atomic E-state index is 0.104. The van der Waals surface area contributed by atoms with Crippen LogP contribution >= 0.6 is 0 Å². The summed E-state index contributed by atoms with van der Waals surface area (Å²) in [4.78, 5) is 23.0. The Hall–Kier alpha value is -4.42. The van der Waals surface area contributed by atoms with Crippen LogP contribution in [0.5, 0.6) is 0 Å². The summed E-state index contributed by atoms with van der Waals surface area (Å²) in [5.74, 6) is -1.13. The van der Waals surface area contributed by atoms with E-state index in [2.05, 4.69) is 25.5 Å². The molecule has 3 heterocycles. The van der Waals surface area contributed by atoms with Crippen LogP contribution in [-0.2, 0) is 19.3 Å². The van der Waals surface area contributed by atoms with Gasteiger partial charge in [-0.15, -0.1) is 0 Å². The van der Waals surface area contributed by atoms with Crippen molar-refractivity contribution < 1.29 is 22.4 Å². The van der Waals surface area contributed by atoms with E-state index in [9.17, 15) is 22.4 Å². The van der Waals surface area contributed by atoms with Gasteiger partial charge in [0.25, 0.3) is 5.91 Å². The van der Waals surface area contributed by atoms with E-state index in [1.807, 2.05) is 6.92 Å². The molecule has 5 rings (SSSR count). The Kier molecular flexibility index (Phi) is 5.42. The third kappa shape index (κ3) is 3.82. The summed E-state index contributed by atoms with van der Waals surface area (Å²) in [7, 11) is 0. The van der Waals surface area contributed by atoms with E-state index in [-0.39, 0.29) is 28.9 Å². The molecule has 0 saturated heterocycles. The molecule has 0 fully saturated rings. The van der Waals surface area contributed by atoms with Gasteiger partial charge in [0.1, 0.15) is 11.6 Å². The highest BCUT2D eigenvalue weighted by atomic mass is 19.4. The van der Waals surface area contributed by atoms with E-state index in [4.69, 9.17) is 11.5 Å². The number of hydrogen-bond donors (Lipinski definition) is 4. The number of primary amides is 1. The Morgan fingerprint density at radius 3 is 2.67 bits per heavy atom. The molecule has 13 heteroatoms. The number of carbonyl (C=O) groups excluding carboxylic acids is 1. The lowest BCUT2D eigenvalue weighted by Crippen LogP contribution is -2.23. The van der Waals surface area contributed by atoms with E-state index in [0.29, 0.717) is 17.7 Å². The lowest BCUT2D eigenvalue weighted by molar-refractivity contribution is -0.138. The number of benzene rings is 2. The molecule has 1 amide bonds. The lowest BCUT2D eigenvalue weighted by atomic mass is 10.1. The van der Waals surface area contributed by atoms with Crippen LogP contribution in [0.25, 0.3) is 10.9 Å². The Bertz CT molecular complexity index is 1500. The number of aromatic nitrogens is 4. The van der Waals surface area contributed by atoms with Crippen LogP contribution in [0.2, 0.25) is 0 Å². The summed E-state index contributed by atoms with van der Waals surface area (Å²) < 4.78 is 54.9. The fourth-order valence-corrected chi connectivity index (χ4v) is 4.39. The first-order valence-electron chi connectivity index (χ1n) is 10.8. The largest absolute Gasteiger partial charge is 0.416 e. The number of para-hydroxylation sites is 1. The number of nitrogens with two attached hydrogens (primary N) is 2. The zero-order valence-electron chi connectivity index (χ0n) is 18.8. The molecule has 1 aliphatic rings. The van der Waals surface area contributed by atoms with Gasteiger partial charge in [0, 0.05) is 23.1 Å². The summed E-state index contributed by atoms with van der Waals surface area (Å²) in [6, 6.07) is 7.14. The highest BCUT2D eigenvalue weighted by molar-refractivity contribution is 6.07. The van der Waals surface area contributed by atoms with Crippen LogP contribution in [0, 0.1) is 5.82 Å². The number of fused-ring (bicyclic) bond motifs is 2. The first-order chi connectivity index (χ1) is 17.1. The van der Waals surface area contributed by atoms with Gasteiger partial charge in [-0.2, -0.15) is 23.3 Å². The molecule has 6 N–H and O–H groups in total. The summed E-state index contributed by atoms with van der Waals surface area (Å²) in [6.45, 7) is 1.67. The predicted octanol–water partition coefficient (Wildman–Crippen LogP) is 3.89. The first-order valence-corrected chi connectivity index (χ1v) is 10.8. The van der Waals surface area contributed by atoms with E-state index < -0.39 is 35.6 Å². The van der Waals surface area contributed by atoms with Crippen LogP contribution in [0.1, 0.15) is 45.7 Å². The predicted molar refractivity (Wildman–Crippen MR) is 124 cm³/mol. The highest BCUT2D eigenvalue weighted by Crippen LogP contribution is 2.39. The van der Waals surface area contributed by atoms with E-state index in [0.717, 1.165) is 29.5 Å². The van der Waals surface area contributed by atoms with Crippen LogP contribution in [0.3, 0.4) is 0 Å². The van der Waals surface area contributed by atoms with E-state index in [1.54, 1.807) is 17.0 Å². The fraction of sp³-hybridized carbons (Fsp3) is 0.217. The third-order valence-corrected chi connectivity index (χ3v) is 6.24. The van der Waals surface area contributed by atoms with Crippen molar-refractivity contribution in [2.75, 3.05) is 16.0 Å². The second-order valence-corrected chi connectivity index (χ2v) is 8.36. The molecule has 0 saturated carbocycles. The molecule has 1 aliphatic heterocycles. The molecular formula is C23H20F4N8O. The summed E-state index contributed by atoms with van der Waals surface area (Å²) >= 11 is 0. The SMILES string of the molecule is C[C@@H]1c2[nH]nc(N)c2CN1c1nc(NCc2c(F)cccc2C(F)(F)F)c2cccc(C(N)=O)c2n1. The van der Waals surface area contributed by atoms with Crippen molar-refractivity contribution in [2.24, 2.45) is 5.73 Å². The topological polar surface area (TPSA) is 139 Å². The van der Waals surface area contributed by atoms with Crippen molar-refractivity contribution in [2.45, 2.75) is 32.2 Å². The highest BCUT2D eigenvalue weighted by Gasteiger charge is 2.35. The standard InChI is InChI=1S/C23H20F4N8O/c1-10-17-14(19(28)34-33-17)9-35(10)22-31-18-11(20(29)36)4-2-5-12(18)21(32-22)30-8-13-15(23(25,26)27)6-3-7-16(13)24/h2-7,10H,8-9H2,1H3,(H2,29,36)(H3,28,33,34)(H,30,31,32)/t10-/m1/s1. The van der Waals surface area contributed by atoms with Gasteiger partial charge in [-0.25, -0.2) is 9.37 Å². The van der Waals surface area contributed by atoms with Crippen molar-refractivity contribution in [1.82, 2.24) is 20.2 Å². The normalized spacial score (nSPS) is 15.4. The smallest absolute Gasteiger partial charge is 0.382 e. The van der Waals surface area contributed by atoms with Gasteiger partial charge in [0.15, 0.2) is 5.82 Å². The maximum absolute atomic E-state index is 14.4. The fourth-order valence-electron chi connectivity index (χ4n) is 4.39. The molecule has 2 aromatic carbocycles. The van der Waals surface area contributed by atoms with Crippen molar-refractivity contribution in [3.8, 4) is 0 Å². The van der Waals surface area contributed by atoms with Gasteiger partial charge in [-0.1, -0.05) is 12.1 Å². The van der Waals surface area contributed by atoms with Gasteiger partial charge >= 0.3 is 6.18 Å². The second kappa shape index (κ2) is 8.36. The Morgan fingerprint density at radius 2 is 1.97 bits per heavy atom. The minimum Gasteiger partial charge on any atom is -0.382 e. The van der Waals surface area contributed by atoms with Gasteiger partial charge < -0.3 is 21.7 Å². The Labute approximate surface area is 201 Å². The number of hydrogen-bond acceptors (Lipinski definition) is 7. The first kappa shape index (κ1) is 23.3. The number of nitrogens with one attached hydrogen (secondary N) is 2. The number of rotatable bonds is 5. The summed E-state index contributed by atoms with van der Waals surface area (Å²) in [6.07, 6.45) is -4.75. The van der Waals surface area contributed by atoms with Crippen molar-refractivity contribution >= 4 is 34.4 Å². The number of aromatic amines is 1. The molecule has 0 aliphatic carbocycles. The molecule has 0 bridgehead atoms. The Balaban J connectivity index is 1.60. The molecule has 0 spiro atoms. The monoisotopic (exact) mass is 500 g/mol. The number of carbonyl (C=O) groups is 1. The average molecular weight is 500 g/mol. The second-order valence-electron chi connectivity index (χ2n) is 8.36. The molecule has 2 aromatic heterocycles. The number of nitrogen functional groups attached to an aromatic ring is 1. The van der Waals surface area contributed by atoms with Crippen LogP contribution in [0.4, 0.5) is 35.1 Å². The van der Waals surface area contributed by atoms with Crippen molar-refractivity contribution in [3.05, 3.63) is 70.2 Å². The maximum Gasteiger partial charge on any atom is 0.416 e. The molecule has 186 valence electrons. The minimum atomic E-state index is -4.75. The molecule has 1 atom stereocenters. The van der Waals surface area contributed by atoms with Crippen molar-refractivity contribution in [3.63, 3.8) is 0 Å². The van der Waals surface area contributed by atoms with Crippen LogP contribution in [0.15, 0.2) is 36.4 Å². The molecular weight excluding hydrogens is 480 g/mol. The molecule has 0 radical (unpaired) electrons. The number of nitrogens with zero attached hydrogens (tertiary/aromatic N) is 4. The number of halogens is 4. The van der Waals surface area contributed by atoms with E-state index >= 15 is 0 Å². The third-order valence-electron chi connectivity index (χ3n) is 6.24. The zero-order chi connectivity index (χ0) is 25.8. The van der Waals surface area contributed by atoms with Gasteiger partial charge in [0.05, 0.1) is 34.9 Å². The molecule has 36 heavy (non-hydrogen) atoms. The maximum atomic E-state index is 14.4. The van der Waals surface area contributed by atoms with Crippen LogP contribution in [-0.4, -0.2) is 26.1 Å². The number of alkyl halides is 3. The van der Waals surface area contributed by atoms with E-state index in [1.165, 1.54) is 6.07 Å². The molecule has 9 nitrogen and oxygen atoms in total. The summed E-state index contributed by atoms with van der Waals surface area (Å²) in [5, 5.41) is 10.0. The molecule has 4 aromatic rings. The van der Waals surface area contributed by atoms with Crippen molar-refractivity contribution in [1.29, 1.82) is 0 Å². The molecule has 0 unspecified atom stereocenters. The van der Waals surface area contributed by atoms with Gasteiger partial charge in [-0.3, -0.25) is 9.89 Å². The lowest BCUT2D eigenvalue weighted by Gasteiger charge is -2.23. The Morgan fingerprint density at radius 1 is 1.22 bits per heavy atom. The quantitative estimate of drug-likeness (QED) is 0.305. The number of amides is 1. The number of H-pyrrole nitrogens is 1. The van der Waals surface area contributed by atoms with Gasteiger partial charge in [-0.05, 0) is 31.2 Å². The number of anilines is 3. The van der Waals surface area contributed by atoms with Gasteiger partial charge in [0.2, 0.25) is 5.95 Å². The van der Waals surface area contributed by atoms with Crippen LogP contribution < -0.4 is 21.7 Å². The average Bonchev–Trinajstić information content (AvgIpc) is 3.36. The zero-order valence-corrected chi connectivity index (χ0v) is 18.8.